The van der Waals surface area contributed by atoms with Crippen LogP contribution < -0.4 is 0 Å². The van der Waals surface area contributed by atoms with Crippen LogP contribution in [0.2, 0.25) is 0 Å². The van der Waals surface area contributed by atoms with E-state index in [-0.39, 0.29) is 18.5 Å². The Morgan fingerprint density at radius 2 is 2.19 bits per heavy atom. The van der Waals surface area contributed by atoms with E-state index in [1.807, 2.05) is 4.90 Å². The first kappa shape index (κ1) is 16.4. The van der Waals surface area contributed by atoms with Crippen LogP contribution in [0.3, 0.4) is 0 Å². The molecule has 2 aliphatic heterocycles. The van der Waals surface area contributed by atoms with Crippen molar-refractivity contribution in [2.45, 2.75) is 25.3 Å². The van der Waals surface area contributed by atoms with Gasteiger partial charge in [0.1, 0.15) is 0 Å². The van der Waals surface area contributed by atoms with Crippen LogP contribution >= 0.6 is 11.8 Å². The highest BCUT2D eigenvalue weighted by atomic mass is 32.2. The van der Waals surface area contributed by atoms with Gasteiger partial charge in [0.25, 0.3) is 0 Å². The number of ether oxygens (including phenoxy) is 1. The summed E-state index contributed by atoms with van der Waals surface area (Å²) in [6.45, 7) is 2.81. The molecule has 7 heteroatoms. The fourth-order valence-electron chi connectivity index (χ4n) is 3.07. The largest absolute Gasteiger partial charge is 0.481 e. The van der Waals surface area contributed by atoms with E-state index in [0.29, 0.717) is 24.8 Å². The molecule has 21 heavy (non-hydrogen) atoms. The average Bonchev–Trinajstić information content (AvgIpc) is 2.47. The molecule has 120 valence electrons. The van der Waals surface area contributed by atoms with Gasteiger partial charge in [0.2, 0.25) is 0 Å². The average molecular weight is 316 g/mol. The molecular formula is C14H24N2O4S. The lowest BCUT2D eigenvalue weighted by Crippen LogP contribution is -2.54. The smallest absolute Gasteiger partial charge is 0.320 e. The third-order valence-electron chi connectivity index (χ3n) is 4.08. The van der Waals surface area contributed by atoms with Gasteiger partial charge in [-0.05, 0) is 12.8 Å². The van der Waals surface area contributed by atoms with Gasteiger partial charge in [0.15, 0.2) is 0 Å². The Bertz CT molecular complexity index is 378. The predicted octanol–water partition coefficient (Wildman–Crippen LogP) is 1.36. The van der Waals surface area contributed by atoms with Crippen LogP contribution in [0.1, 0.15) is 19.3 Å². The number of carbonyl (C=O) groups excluding carboxylic acids is 1. The molecule has 2 saturated heterocycles. The van der Waals surface area contributed by atoms with Gasteiger partial charge in [-0.2, -0.15) is 11.8 Å². The summed E-state index contributed by atoms with van der Waals surface area (Å²) in [4.78, 5) is 27.3. The van der Waals surface area contributed by atoms with Crippen molar-refractivity contribution in [1.29, 1.82) is 0 Å². The number of thioether (sulfide) groups is 1. The highest BCUT2D eigenvalue weighted by Crippen LogP contribution is 2.23. The summed E-state index contributed by atoms with van der Waals surface area (Å²) in [7, 11) is 1.69. The summed E-state index contributed by atoms with van der Waals surface area (Å²) >= 11 is 1.73. The van der Waals surface area contributed by atoms with Crippen LogP contribution in [0.4, 0.5) is 4.79 Å². The minimum atomic E-state index is -0.837. The third kappa shape index (κ3) is 4.51. The van der Waals surface area contributed by atoms with Gasteiger partial charge in [-0.1, -0.05) is 0 Å². The van der Waals surface area contributed by atoms with E-state index < -0.39 is 5.97 Å². The van der Waals surface area contributed by atoms with Gasteiger partial charge in [-0.3, -0.25) is 4.79 Å². The number of carbonyl (C=O) groups is 2. The number of methoxy groups -OCH3 is 1. The van der Waals surface area contributed by atoms with Gasteiger partial charge in [0, 0.05) is 44.2 Å². The van der Waals surface area contributed by atoms with Crippen molar-refractivity contribution in [1.82, 2.24) is 9.80 Å². The van der Waals surface area contributed by atoms with Crippen LogP contribution in [0, 0.1) is 5.92 Å². The van der Waals surface area contributed by atoms with Crippen molar-refractivity contribution < 1.29 is 19.4 Å². The van der Waals surface area contributed by atoms with Crippen molar-refractivity contribution in [2.24, 2.45) is 5.92 Å². The zero-order valence-electron chi connectivity index (χ0n) is 12.5. The van der Waals surface area contributed by atoms with E-state index in [1.54, 1.807) is 23.8 Å². The zero-order valence-corrected chi connectivity index (χ0v) is 13.3. The Morgan fingerprint density at radius 1 is 1.38 bits per heavy atom. The third-order valence-corrected chi connectivity index (χ3v) is 5.17. The molecule has 0 radical (unpaired) electrons. The molecule has 2 fully saturated rings. The van der Waals surface area contributed by atoms with Crippen molar-refractivity contribution in [2.75, 3.05) is 44.9 Å². The Kier molecular flexibility index (Phi) is 6.17. The molecule has 0 aliphatic carbocycles. The Balaban J connectivity index is 1.97. The molecule has 0 aromatic carbocycles. The molecule has 2 heterocycles. The normalized spacial score (nSPS) is 26.7. The molecule has 0 bridgehead atoms. The summed E-state index contributed by atoms with van der Waals surface area (Å²) < 4.78 is 5.20. The van der Waals surface area contributed by atoms with Crippen LogP contribution in [0.25, 0.3) is 0 Å². The minimum absolute atomic E-state index is 0.00218. The molecule has 2 rings (SSSR count). The van der Waals surface area contributed by atoms with Crippen LogP contribution in [-0.4, -0.2) is 77.8 Å². The second-order valence-electron chi connectivity index (χ2n) is 5.71. The molecule has 2 unspecified atom stereocenters. The summed E-state index contributed by atoms with van der Waals surface area (Å²) in [6.07, 6.45) is 2.12. The number of aliphatic carboxylic acids is 1. The molecule has 1 N–H and O–H groups in total. The predicted molar refractivity (Wildman–Crippen MR) is 81.6 cm³/mol. The van der Waals surface area contributed by atoms with E-state index in [9.17, 15) is 9.59 Å². The second-order valence-corrected chi connectivity index (χ2v) is 6.86. The second kappa shape index (κ2) is 7.89. The minimum Gasteiger partial charge on any atom is -0.481 e. The summed E-state index contributed by atoms with van der Waals surface area (Å²) in [6, 6.07) is -0.182. The number of hydrogen-bond donors (Lipinski definition) is 1. The molecule has 0 aromatic rings. The number of nitrogens with zero attached hydrogens (tertiary/aromatic N) is 2. The highest BCUT2D eigenvalue weighted by molar-refractivity contribution is 7.99. The molecular weight excluding hydrogens is 292 g/mol. The number of carboxylic acid groups (broad SMARTS) is 1. The van der Waals surface area contributed by atoms with E-state index in [0.717, 1.165) is 31.7 Å². The molecule has 2 aliphatic rings. The maximum Gasteiger partial charge on any atom is 0.320 e. The van der Waals surface area contributed by atoms with Gasteiger partial charge in [-0.15, -0.1) is 0 Å². The Morgan fingerprint density at radius 3 is 2.90 bits per heavy atom. The number of rotatable bonds is 4. The Hall–Kier alpha value is -0.950. The zero-order chi connectivity index (χ0) is 15.2. The molecule has 2 atom stereocenters. The number of likely N-dealkylation sites (tertiary alicyclic amines) is 1. The van der Waals surface area contributed by atoms with E-state index in [2.05, 4.69) is 0 Å². The lowest BCUT2D eigenvalue weighted by atomic mass is 9.99. The molecule has 0 spiro atoms. The van der Waals surface area contributed by atoms with Gasteiger partial charge < -0.3 is 19.6 Å². The number of piperidine rings is 1. The van der Waals surface area contributed by atoms with Crippen LogP contribution in [0.5, 0.6) is 0 Å². The fraction of sp³-hybridized carbons (Fsp3) is 0.857. The maximum absolute atomic E-state index is 12.7. The van der Waals surface area contributed by atoms with Crippen LogP contribution in [-0.2, 0) is 9.53 Å². The lowest BCUT2D eigenvalue weighted by Gasteiger charge is -2.41. The van der Waals surface area contributed by atoms with Gasteiger partial charge in [0.05, 0.1) is 19.1 Å². The SMILES string of the molecule is COCC1CCCN(C(=O)N2CCSCC2CC(=O)O)C1. The number of urea groups is 1. The van der Waals surface area contributed by atoms with Crippen molar-refractivity contribution >= 4 is 23.8 Å². The first-order chi connectivity index (χ1) is 10.1. The maximum atomic E-state index is 12.7. The van der Waals surface area contributed by atoms with E-state index >= 15 is 0 Å². The van der Waals surface area contributed by atoms with Crippen molar-refractivity contribution in [3.05, 3.63) is 0 Å². The number of hydrogen-bond acceptors (Lipinski definition) is 4. The quantitative estimate of drug-likeness (QED) is 0.848. The van der Waals surface area contributed by atoms with Gasteiger partial charge in [-0.25, -0.2) is 4.79 Å². The topological polar surface area (TPSA) is 70.1 Å². The molecule has 6 nitrogen and oxygen atoms in total. The van der Waals surface area contributed by atoms with Gasteiger partial charge >= 0.3 is 12.0 Å². The van der Waals surface area contributed by atoms with Crippen molar-refractivity contribution in [3.63, 3.8) is 0 Å². The fourth-order valence-corrected chi connectivity index (χ4v) is 4.13. The van der Waals surface area contributed by atoms with Crippen molar-refractivity contribution in [3.8, 4) is 0 Å². The molecule has 2 amide bonds. The summed E-state index contributed by atoms with van der Waals surface area (Å²) in [5.41, 5.74) is 0. The number of amides is 2. The monoisotopic (exact) mass is 316 g/mol. The van der Waals surface area contributed by atoms with E-state index in [1.165, 1.54) is 0 Å². The van der Waals surface area contributed by atoms with E-state index in [4.69, 9.17) is 9.84 Å². The Labute approximate surface area is 129 Å². The first-order valence-corrected chi connectivity index (χ1v) is 8.61. The molecule has 0 aromatic heterocycles. The first-order valence-electron chi connectivity index (χ1n) is 7.46. The van der Waals surface area contributed by atoms with Crippen LogP contribution in [0.15, 0.2) is 0 Å². The highest BCUT2D eigenvalue weighted by Gasteiger charge is 2.33. The lowest BCUT2D eigenvalue weighted by molar-refractivity contribution is -0.138. The summed E-state index contributed by atoms with van der Waals surface area (Å²) in [5.74, 6) is 1.16. The molecule has 0 saturated carbocycles. The summed E-state index contributed by atoms with van der Waals surface area (Å²) in [5, 5.41) is 9.01. The number of carboxylic acids is 1. The standard InChI is InChI=1S/C14H24N2O4S/c1-20-9-11-3-2-4-15(8-11)14(19)16-5-6-21-10-12(16)7-13(17)18/h11-12H,2-10H2,1H3,(H,17,18).